The Bertz CT molecular complexity index is 602. The van der Waals surface area contributed by atoms with Gasteiger partial charge in [0, 0.05) is 15.4 Å². The highest BCUT2D eigenvalue weighted by Gasteiger charge is 2.09. The molecule has 0 aliphatic heterocycles. The zero-order valence-electron chi connectivity index (χ0n) is 12.2. The Morgan fingerprint density at radius 3 is 2.50 bits per heavy atom. The number of hydrogen-bond acceptors (Lipinski definition) is 2. The van der Waals surface area contributed by atoms with Crippen molar-refractivity contribution in [3.63, 3.8) is 0 Å². The fourth-order valence-corrected chi connectivity index (χ4v) is 3.21. The van der Waals surface area contributed by atoms with Crippen LogP contribution in [0.2, 0.25) is 0 Å². The fourth-order valence-electron chi connectivity index (χ4n) is 2.12. The van der Waals surface area contributed by atoms with Crippen molar-refractivity contribution < 1.29 is 4.79 Å². The van der Waals surface area contributed by atoms with E-state index >= 15 is 0 Å². The van der Waals surface area contributed by atoms with Crippen LogP contribution < -0.4 is 0 Å². The van der Waals surface area contributed by atoms with Gasteiger partial charge in [0.2, 0.25) is 0 Å². The van der Waals surface area contributed by atoms with Crippen LogP contribution in [0, 0.1) is 0 Å². The summed E-state index contributed by atoms with van der Waals surface area (Å²) >= 11 is 1.68. The van der Waals surface area contributed by atoms with Gasteiger partial charge in [-0.3, -0.25) is 4.79 Å². The van der Waals surface area contributed by atoms with Crippen molar-refractivity contribution in [2.75, 3.05) is 0 Å². The summed E-state index contributed by atoms with van der Waals surface area (Å²) in [5.41, 5.74) is 3.48. The Balaban J connectivity index is 2.36. The van der Waals surface area contributed by atoms with E-state index in [0.29, 0.717) is 5.92 Å². The molecule has 1 nitrogen and oxygen atoms in total. The number of aryl methyl sites for hydroxylation is 1. The van der Waals surface area contributed by atoms with Crippen molar-refractivity contribution in [1.29, 1.82) is 0 Å². The maximum absolute atomic E-state index is 11.1. The van der Waals surface area contributed by atoms with Crippen molar-refractivity contribution in [1.82, 2.24) is 0 Å². The Kier molecular flexibility index (Phi) is 5.02. The molecule has 0 N–H and O–H groups in total. The van der Waals surface area contributed by atoms with Gasteiger partial charge in [0.1, 0.15) is 0 Å². The van der Waals surface area contributed by atoms with E-state index in [4.69, 9.17) is 0 Å². The molecule has 2 aromatic rings. The van der Waals surface area contributed by atoms with Crippen LogP contribution in [-0.2, 0) is 6.42 Å². The lowest BCUT2D eigenvalue weighted by molar-refractivity contribution is 0.112. The quantitative estimate of drug-likeness (QED) is 0.690. The van der Waals surface area contributed by atoms with Crippen molar-refractivity contribution >= 4 is 18.0 Å². The van der Waals surface area contributed by atoms with Gasteiger partial charge in [0.25, 0.3) is 0 Å². The second kappa shape index (κ2) is 6.76. The molecule has 0 amide bonds. The van der Waals surface area contributed by atoms with E-state index in [9.17, 15) is 4.79 Å². The third-order valence-electron chi connectivity index (χ3n) is 3.40. The van der Waals surface area contributed by atoms with Gasteiger partial charge in [-0.25, -0.2) is 0 Å². The molecular weight excluding hydrogens is 264 g/mol. The molecule has 0 bridgehead atoms. The molecule has 0 aliphatic rings. The molecule has 0 saturated carbocycles. The molecule has 2 aromatic carbocycles. The van der Waals surface area contributed by atoms with Crippen LogP contribution in [0.3, 0.4) is 0 Å². The number of carbonyl (C=O) groups is 1. The van der Waals surface area contributed by atoms with Gasteiger partial charge < -0.3 is 0 Å². The maximum Gasteiger partial charge on any atom is 0.151 e. The van der Waals surface area contributed by atoms with Crippen LogP contribution in [0.25, 0.3) is 0 Å². The fraction of sp³-hybridized carbons (Fsp3) is 0.278. The second-order valence-corrected chi connectivity index (χ2v) is 6.22. The van der Waals surface area contributed by atoms with Gasteiger partial charge in [0.15, 0.2) is 6.29 Å². The van der Waals surface area contributed by atoms with Gasteiger partial charge in [-0.05, 0) is 35.6 Å². The summed E-state index contributed by atoms with van der Waals surface area (Å²) in [5.74, 6) is 0.543. The van der Waals surface area contributed by atoms with Crippen LogP contribution in [0.15, 0.2) is 52.3 Å². The molecule has 0 spiro atoms. The molecule has 2 rings (SSSR count). The van der Waals surface area contributed by atoms with Crippen LogP contribution in [0.4, 0.5) is 0 Å². The van der Waals surface area contributed by atoms with Gasteiger partial charge in [-0.15, -0.1) is 0 Å². The van der Waals surface area contributed by atoms with E-state index in [-0.39, 0.29) is 0 Å². The summed E-state index contributed by atoms with van der Waals surface area (Å²) < 4.78 is 0. The van der Waals surface area contributed by atoms with Crippen molar-refractivity contribution in [3.05, 3.63) is 59.2 Å². The number of rotatable bonds is 5. The standard InChI is InChI=1S/C18H20OS/c1-4-14-11-15(13(2)3)9-10-18(14)20-17-8-6-5-7-16(17)12-19/h5-13H,4H2,1-3H3. The average Bonchev–Trinajstić information content (AvgIpc) is 2.48. The van der Waals surface area contributed by atoms with E-state index in [2.05, 4.69) is 39.0 Å². The highest BCUT2D eigenvalue weighted by Crippen LogP contribution is 2.34. The largest absolute Gasteiger partial charge is 0.298 e. The molecule has 0 saturated heterocycles. The molecule has 20 heavy (non-hydrogen) atoms. The van der Waals surface area contributed by atoms with Crippen LogP contribution in [0.1, 0.15) is 48.2 Å². The van der Waals surface area contributed by atoms with E-state index < -0.39 is 0 Å². The van der Waals surface area contributed by atoms with E-state index in [1.807, 2.05) is 24.3 Å². The molecule has 104 valence electrons. The Morgan fingerprint density at radius 2 is 1.85 bits per heavy atom. The molecular formula is C18H20OS. The molecule has 0 unspecified atom stereocenters. The van der Waals surface area contributed by atoms with Crippen molar-refractivity contribution in [2.45, 2.75) is 42.9 Å². The third-order valence-corrected chi connectivity index (χ3v) is 4.61. The Morgan fingerprint density at radius 1 is 1.10 bits per heavy atom. The van der Waals surface area contributed by atoms with Crippen molar-refractivity contribution in [2.24, 2.45) is 0 Å². The lowest BCUT2D eigenvalue weighted by atomic mass is 10.00. The van der Waals surface area contributed by atoms with Gasteiger partial charge in [-0.1, -0.05) is 62.9 Å². The summed E-state index contributed by atoms with van der Waals surface area (Å²) in [6.07, 6.45) is 1.93. The first-order chi connectivity index (χ1) is 9.65. The molecule has 0 aliphatic carbocycles. The minimum absolute atomic E-state index is 0.543. The predicted molar refractivity (Wildman–Crippen MR) is 85.9 cm³/mol. The highest BCUT2D eigenvalue weighted by molar-refractivity contribution is 7.99. The topological polar surface area (TPSA) is 17.1 Å². The summed E-state index contributed by atoms with van der Waals surface area (Å²) in [6.45, 7) is 6.60. The minimum Gasteiger partial charge on any atom is -0.298 e. The Labute approximate surface area is 125 Å². The van der Waals surface area contributed by atoms with Crippen LogP contribution in [-0.4, -0.2) is 6.29 Å². The molecule has 2 heteroatoms. The number of carbonyl (C=O) groups excluding carboxylic acids is 1. The first-order valence-electron chi connectivity index (χ1n) is 7.00. The predicted octanol–water partition coefficient (Wildman–Crippen LogP) is 5.34. The summed E-state index contributed by atoms with van der Waals surface area (Å²) in [6, 6.07) is 14.4. The van der Waals surface area contributed by atoms with E-state index in [1.165, 1.54) is 16.0 Å². The summed E-state index contributed by atoms with van der Waals surface area (Å²) in [7, 11) is 0. The first kappa shape index (κ1) is 14.9. The normalized spacial score (nSPS) is 10.8. The number of aldehydes is 1. The lowest BCUT2D eigenvalue weighted by Gasteiger charge is -2.13. The SMILES string of the molecule is CCc1cc(C(C)C)ccc1Sc1ccccc1C=O. The summed E-state index contributed by atoms with van der Waals surface area (Å²) in [4.78, 5) is 13.4. The number of benzene rings is 2. The second-order valence-electron chi connectivity index (χ2n) is 5.13. The monoisotopic (exact) mass is 284 g/mol. The smallest absolute Gasteiger partial charge is 0.151 e. The molecule has 0 radical (unpaired) electrons. The lowest BCUT2D eigenvalue weighted by Crippen LogP contribution is -1.93. The summed E-state index contributed by atoms with van der Waals surface area (Å²) in [5, 5.41) is 0. The van der Waals surface area contributed by atoms with Gasteiger partial charge in [0.05, 0.1) is 0 Å². The molecule has 0 fully saturated rings. The highest BCUT2D eigenvalue weighted by atomic mass is 32.2. The van der Waals surface area contributed by atoms with Crippen LogP contribution in [0.5, 0.6) is 0 Å². The average molecular weight is 284 g/mol. The zero-order valence-corrected chi connectivity index (χ0v) is 13.0. The molecule has 0 aromatic heterocycles. The van der Waals surface area contributed by atoms with Gasteiger partial charge >= 0.3 is 0 Å². The Hall–Kier alpha value is -1.54. The molecule has 0 heterocycles. The first-order valence-corrected chi connectivity index (χ1v) is 7.82. The van der Waals surface area contributed by atoms with E-state index in [0.717, 1.165) is 23.2 Å². The van der Waals surface area contributed by atoms with E-state index in [1.54, 1.807) is 11.8 Å². The maximum atomic E-state index is 11.1. The molecule has 0 atom stereocenters. The van der Waals surface area contributed by atoms with Gasteiger partial charge in [-0.2, -0.15) is 0 Å². The minimum atomic E-state index is 0.543. The number of hydrogen-bond donors (Lipinski definition) is 0. The van der Waals surface area contributed by atoms with Crippen molar-refractivity contribution in [3.8, 4) is 0 Å². The van der Waals surface area contributed by atoms with Crippen LogP contribution >= 0.6 is 11.8 Å². The zero-order chi connectivity index (χ0) is 14.5. The third kappa shape index (κ3) is 3.31.